The first-order valence-corrected chi connectivity index (χ1v) is 7.53. The summed E-state index contributed by atoms with van der Waals surface area (Å²) in [5.74, 6) is 2.68. The summed E-state index contributed by atoms with van der Waals surface area (Å²) in [5.41, 5.74) is 0. The van der Waals surface area contributed by atoms with Gasteiger partial charge in [0.05, 0.1) is 0 Å². The van der Waals surface area contributed by atoms with Crippen LogP contribution >= 0.6 is 7.92 Å². The van der Waals surface area contributed by atoms with Gasteiger partial charge in [-0.25, -0.2) is 0 Å². The van der Waals surface area contributed by atoms with Crippen molar-refractivity contribution < 1.29 is 16.8 Å². The number of hydrogen-bond acceptors (Lipinski definition) is 0. The van der Waals surface area contributed by atoms with Crippen LogP contribution in [0.5, 0.6) is 0 Å². The fourth-order valence-corrected chi connectivity index (χ4v) is 5.32. The van der Waals surface area contributed by atoms with Crippen LogP contribution < -0.4 is 0 Å². The Balaban J connectivity index is 0. The van der Waals surface area contributed by atoms with Gasteiger partial charge in [-0.2, -0.15) is 0 Å². The van der Waals surface area contributed by atoms with Gasteiger partial charge in [0.2, 0.25) is 0 Å². The molecule has 0 saturated heterocycles. The molecule has 0 bridgehead atoms. The van der Waals surface area contributed by atoms with Gasteiger partial charge in [-0.15, -0.1) is 7.92 Å². The Bertz CT molecular complexity index is 97.7. The number of hydrogen-bond donors (Lipinski definition) is 0. The third-order valence-electron chi connectivity index (χ3n) is 1.87. The molecule has 0 atom stereocenters. The van der Waals surface area contributed by atoms with Crippen molar-refractivity contribution in [1.29, 1.82) is 0 Å². The molecule has 0 rings (SSSR count). The van der Waals surface area contributed by atoms with Gasteiger partial charge in [-0.1, -0.05) is 41.5 Å². The molecular weight excluding hydrogens is 234 g/mol. The van der Waals surface area contributed by atoms with Crippen molar-refractivity contribution in [2.24, 2.45) is 17.8 Å². The first-order valence-electron chi connectivity index (χ1n) is 5.64. The smallest absolute Gasteiger partial charge is 0 e. The van der Waals surface area contributed by atoms with Gasteiger partial charge in [-0.3, -0.25) is 0 Å². The quantitative estimate of drug-likeness (QED) is 0.620. The zero-order chi connectivity index (χ0) is 10.4. The van der Waals surface area contributed by atoms with Crippen molar-refractivity contribution in [2.75, 3.05) is 18.5 Å². The van der Waals surface area contributed by atoms with Crippen molar-refractivity contribution in [2.45, 2.75) is 41.5 Å². The molecule has 1 radical (unpaired) electrons. The van der Waals surface area contributed by atoms with Crippen LogP contribution in [0.4, 0.5) is 0 Å². The van der Waals surface area contributed by atoms with Gasteiger partial charge in [0.1, 0.15) is 0 Å². The van der Waals surface area contributed by atoms with Crippen LogP contribution in [0.15, 0.2) is 0 Å². The third-order valence-corrected chi connectivity index (χ3v) is 5.61. The molecule has 89 valence electrons. The Morgan fingerprint density at radius 2 is 0.857 bits per heavy atom. The normalized spacial score (nSPS) is 11.6. The van der Waals surface area contributed by atoms with E-state index < -0.39 is 0 Å². The molecule has 2 heteroatoms. The summed E-state index contributed by atoms with van der Waals surface area (Å²) < 4.78 is 0. The molecule has 0 saturated carbocycles. The minimum atomic E-state index is 0. The summed E-state index contributed by atoms with van der Waals surface area (Å²) in [4.78, 5) is 0. The van der Waals surface area contributed by atoms with Crippen molar-refractivity contribution in [1.82, 2.24) is 0 Å². The maximum absolute atomic E-state index is 2.36. The Labute approximate surface area is 103 Å². The van der Waals surface area contributed by atoms with E-state index in [9.17, 15) is 0 Å². The van der Waals surface area contributed by atoms with E-state index in [-0.39, 0.29) is 16.8 Å². The van der Waals surface area contributed by atoms with Gasteiger partial charge < -0.3 is 0 Å². The summed E-state index contributed by atoms with van der Waals surface area (Å²) in [7, 11) is 0.321. The molecule has 0 fully saturated rings. The molecule has 0 unspecified atom stereocenters. The molecule has 0 nitrogen and oxygen atoms in total. The predicted molar refractivity (Wildman–Crippen MR) is 66.0 cm³/mol. The molecule has 0 heterocycles. The summed E-state index contributed by atoms with van der Waals surface area (Å²) >= 11 is 0. The van der Waals surface area contributed by atoms with Crippen LogP contribution in [-0.2, 0) is 16.8 Å². The fourth-order valence-electron chi connectivity index (χ4n) is 1.77. The average molecular weight is 261 g/mol. The van der Waals surface area contributed by atoms with Crippen LogP contribution in [0.1, 0.15) is 41.5 Å². The van der Waals surface area contributed by atoms with E-state index in [0.29, 0.717) is 7.92 Å². The molecule has 0 N–H and O–H groups in total. The Kier molecular flexibility index (Phi) is 11.4. The summed E-state index contributed by atoms with van der Waals surface area (Å²) in [6.07, 6.45) is 4.43. The first kappa shape index (κ1) is 17.3. The fraction of sp³-hybridized carbons (Fsp3) is 1.00. The van der Waals surface area contributed by atoms with Gasteiger partial charge >= 0.3 is 0 Å². The SMILES string of the molecule is CC(C)CP(CC(C)C)CC(C)C.[Co]. The van der Waals surface area contributed by atoms with Crippen LogP contribution in [0.2, 0.25) is 0 Å². The van der Waals surface area contributed by atoms with E-state index in [1.807, 2.05) is 0 Å². The summed E-state index contributed by atoms with van der Waals surface area (Å²) in [6, 6.07) is 0. The molecular formula is C12H27CoP. The van der Waals surface area contributed by atoms with Gasteiger partial charge in [0.15, 0.2) is 0 Å². The Hall–Kier alpha value is 0.936. The minimum absolute atomic E-state index is 0. The molecule has 0 spiro atoms. The third kappa shape index (κ3) is 11.0. The van der Waals surface area contributed by atoms with E-state index >= 15 is 0 Å². The molecule has 0 amide bonds. The van der Waals surface area contributed by atoms with E-state index in [2.05, 4.69) is 41.5 Å². The maximum atomic E-state index is 2.36. The molecule has 0 aromatic rings. The van der Waals surface area contributed by atoms with Crippen molar-refractivity contribution in [3.05, 3.63) is 0 Å². The minimum Gasteiger partial charge on any atom is -0.106 e. The van der Waals surface area contributed by atoms with Crippen molar-refractivity contribution >= 4 is 7.92 Å². The van der Waals surface area contributed by atoms with Crippen molar-refractivity contribution in [3.8, 4) is 0 Å². The standard InChI is InChI=1S/C12H27P.Co/c1-10(2)7-13(8-11(3)4)9-12(5)6;/h10-12H,7-9H2,1-6H3;. The zero-order valence-corrected chi connectivity index (χ0v) is 12.6. The molecule has 14 heavy (non-hydrogen) atoms. The topological polar surface area (TPSA) is 0 Å². The molecule has 0 aliphatic carbocycles. The molecule has 0 aliphatic heterocycles. The maximum Gasteiger partial charge on any atom is 0 e. The van der Waals surface area contributed by atoms with Crippen LogP contribution in [-0.4, -0.2) is 18.5 Å². The predicted octanol–water partition coefficient (Wildman–Crippen LogP) is 4.43. The van der Waals surface area contributed by atoms with E-state index in [1.54, 1.807) is 0 Å². The van der Waals surface area contributed by atoms with E-state index in [0.717, 1.165) is 17.8 Å². The molecule has 0 aromatic heterocycles. The summed E-state index contributed by atoms with van der Waals surface area (Å²) in [5, 5.41) is 0. The van der Waals surface area contributed by atoms with Gasteiger partial charge in [-0.05, 0) is 36.2 Å². The Morgan fingerprint density at radius 3 is 1.00 bits per heavy atom. The van der Waals surface area contributed by atoms with E-state index in [1.165, 1.54) is 18.5 Å². The number of rotatable bonds is 6. The average Bonchev–Trinajstić information content (AvgIpc) is 1.80. The van der Waals surface area contributed by atoms with Gasteiger partial charge in [0.25, 0.3) is 0 Å². The monoisotopic (exact) mass is 261 g/mol. The second-order valence-electron chi connectivity index (χ2n) is 5.40. The van der Waals surface area contributed by atoms with Crippen LogP contribution in [0.25, 0.3) is 0 Å². The second kappa shape index (κ2) is 9.18. The van der Waals surface area contributed by atoms with E-state index in [4.69, 9.17) is 0 Å². The zero-order valence-electron chi connectivity index (χ0n) is 10.6. The molecule has 0 aromatic carbocycles. The van der Waals surface area contributed by atoms with Crippen LogP contribution in [0, 0.1) is 17.8 Å². The van der Waals surface area contributed by atoms with Gasteiger partial charge in [0, 0.05) is 16.8 Å². The Morgan fingerprint density at radius 1 is 0.643 bits per heavy atom. The second-order valence-corrected chi connectivity index (χ2v) is 7.84. The molecule has 0 aliphatic rings. The first-order chi connectivity index (χ1) is 5.91. The van der Waals surface area contributed by atoms with Crippen LogP contribution in [0.3, 0.4) is 0 Å². The largest absolute Gasteiger partial charge is 0.106 e. The summed E-state index contributed by atoms with van der Waals surface area (Å²) in [6.45, 7) is 14.1. The van der Waals surface area contributed by atoms with Crippen molar-refractivity contribution in [3.63, 3.8) is 0 Å².